The predicted octanol–water partition coefficient (Wildman–Crippen LogP) is 3.95. The topological polar surface area (TPSA) is 34.1 Å². The van der Waals surface area contributed by atoms with Crippen LogP contribution >= 0.6 is 0 Å². The molecule has 1 aromatic heterocycles. The molecule has 0 saturated heterocycles. The van der Waals surface area contributed by atoms with E-state index >= 15 is 0 Å². The van der Waals surface area contributed by atoms with Gasteiger partial charge in [0, 0.05) is 17.3 Å². The molecule has 3 nitrogen and oxygen atoms in total. The van der Waals surface area contributed by atoms with E-state index in [4.69, 9.17) is 4.74 Å². The van der Waals surface area contributed by atoms with Gasteiger partial charge in [-0.25, -0.2) is 0 Å². The highest BCUT2D eigenvalue weighted by molar-refractivity contribution is 5.39. The molecule has 0 aliphatic heterocycles. The number of pyridine rings is 1. The molecule has 0 aliphatic rings. The molecule has 21 heavy (non-hydrogen) atoms. The van der Waals surface area contributed by atoms with E-state index in [1.807, 2.05) is 31.2 Å². The maximum Gasteiger partial charge on any atom is 0.130 e. The molecular formula is C18H24N2O. The van der Waals surface area contributed by atoms with E-state index < -0.39 is 0 Å². The summed E-state index contributed by atoms with van der Waals surface area (Å²) in [5, 5.41) is 3.44. The summed E-state index contributed by atoms with van der Waals surface area (Å²) >= 11 is 0. The van der Waals surface area contributed by atoms with E-state index in [9.17, 15) is 0 Å². The molecule has 0 spiro atoms. The predicted molar refractivity (Wildman–Crippen MR) is 86.6 cm³/mol. The minimum Gasteiger partial charge on any atom is -0.487 e. The van der Waals surface area contributed by atoms with Gasteiger partial charge in [0.15, 0.2) is 0 Å². The molecule has 0 amide bonds. The summed E-state index contributed by atoms with van der Waals surface area (Å²) in [4.78, 5) is 4.48. The van der Waals surface area contributed by atoms with E-state index in [0.29, 0.717) is 6.61 Å². The van der Waals surface area contributed by atoms with E-state index in [-0.39, 0.29) is 6.04 Å². The minimum atomic E-state index is 0.273. The van der Waals surface area contributed by atoms with Gasteiger partial charge in [-0.05, 0) is 45.5 Å². The van der Waals surface area contributed by atoms with Crippen LogP contribution < -0.4 is 10.1 Å². The average molecular weight is 284 g/mol. The molecule has 1 atom stereocenters. The largest absolute Gasteiger partial charge is 0.487 e. The standard InChI is InChI=1S/C18H24N2O/c1-5-19-15(4)17-11-13(2)9-10-18(17)21-12-16-8-6-7-14(3)20-16/h6-11,15,19H,5,12H2,1-4H3. The molecule has 3 heteroatoms. The zero-order chi connectivity index (χ0) is 15.2. The second-order valence-corrected chi connectivity index (χ2v) is 5.38. The van der Waals surface area contributed by atoms with Crippen LogP contribution in [-0.2, 0) is 6.61 Å². The Morgan fingerprint density at radius 3 is 2.71 bits per heavy atom. The highest BCUT2D eigenvalue weighted by Gasteiger charge is 2.11. The fourth-order valence-corrected chi connectivity index (χ4v) is 2.39. The Hall–Kier alpha value is -1.87. The van der Waals surface area contributed by atoms with Gasteiger partial charge in [0.25, 0.3) is 0 Å². The summed E-state index contributed by atoms with van der Waals surface area (Å²) in [5.74, 6) is 0.928. The number of hydrogen-bond donors (Lipinski definition) is 1. The molecule has 1 unspecified atom stereocenters. The molecule has 1 N–H and O–H groups in total. The van der Waals surface area contributed by atoms with Gasteiger partial charge in [0.1, 0.15) is 12.4 Å². The van der Waals surface area contributed by atoms with Crippen molar-refractivity contribution in [3.05, 3.63) is 58.9 Å². The van der Waals surface area contributed by atoms with Gasteiger partial charge < -0.3 is 10.1 Å². The molecule has 1 aromatic carbocycles. The molecule has 0 radical (unpaired) electrons. The maximum atomic E-state index is 6.00. The number of nitrogens with zero attached hydrogens (tertiary/aromatic N) is 1. The molecule has 0 bridgehead atoms. The first kappa shape index (κ1) is 15.5. The van der Waals surface area contributed by atoms with Crippen LogP contribution in [0.4, 0.5) is 0 Å². The summed E-state index contributed by atoms with van der Waals surface area (Å²) in [6, 6.07) is 12.6. The van der Waals surface area contributed by atoms with Gasteiger partial charge >= 0.3 is 0 Å². The van der Waals surface area contributed by atoms with Crippen LogP contribution in [0.3, 0.4) is 0 Å². The number of nitrogens with one attached hydrogen (secondary N) is 1. The van der Waals surface area contributed by atoms with Crippen molar-refractivity contribution >= 4 is 0 Å². The lowest BCUT2D eigenvalue weighted by Gasteiger charge is -2.18. The van der Waals surface area contributed by atoms with E-state index in [1.165, 1.54) is 11.1 Å². The molecule has 2 rings (SSSR count). The van der Waals surface area contributed by atoms with E-state index in [0.717, 1.165) is 23.7 Å². The van der Waals surface area contributed by atoms with Gasteiger partial charge in [0.2, 0.25) is 0 Å². The minimum absolute atomic E-state index is 0.273. The lowest BCUT2D eigenvalue weighted by atomic mass is 10.0. The highest BCUT2D eigenvalue weighted by atomic mass is 16.5. The van der Waals surface area contributed by atoms with Crippen LogP contribution in [-0.4, -0.2) is 11.5 Å². The van der Waals surface area contributed by atoms with Gasteiger partial charge in [-0.1, -0.05) is 30.7 Å². The van der Waals surface area contributed by atoms with Crippen molar-refractivity contribution in [2.24, 2.45) is 0 Å². The number of benzene rings is 1. The SMILES string of the molecule is CCNC(C)c1cc(C)ccc1OCc1cccc(C)n1. The van der Waals surface area contributed by atoms with Crippen molar-refractivity contribution < 1.29 is 4.74 Å². The molecule has 112 valence electrons. The number of aryl methyl sites for hydroxylation is 2. The van der Waals surface area contributed by atoms with E-state index in [2.05, 4.69) is 43.2 Å². The van der Waals surface area contributed by atoms with Crippen molar-refractivity contribution in [1.29, 1.82) is 0 Å². The highest BCUT2D eigenvalue weighted by Crippen LogP contribution is 2.27. The first-order valence-corrected chi connectivity index (χ1v) is 7.49. The summed E-state index contributed by atoms with van der Waals surface area (Å²) in [6.45, 7) is 9.81. The Morgan fingerprint density at radius 2 is 2.00 bits per heavy atom. The third-order valence-electron chi connectivity index (χ3n) is 3.46. The lowest BCUT2D eigenvalue weighted by molar-refractivity contribution is 0.295. The second-order valence-electron chi connectivity index (χ2n) is 5.38. The molecule has 0 fully saturated rings. The summed E-state index contributed by atoms with van der Waals surface area (Å²) in [6.07, 6.45) is 0. The Balaban J connectivity index is 2.15. The summed E-state index contributed by atoms with van der Waals surface area (Å²) in [7, 11) is 0. The number of ether oxygens (including phenoxy) is 1. The van der Waals surface area contributed by atoms with Crippen LogP contribution in [0.5, 0.6) is 5.75 Å². The fraction of sp³-hybridized carbons (Fsp3) is 0.389. The Morgan fingerprint density at radius 1 is 1.19 bits per heavy atom. The zero-order valence-electron chi connectivity index (χ0n) is 13.3. The number of hydrogen-bond acceptors (Lipinski definition) is 3. The summed E-state index contributed by atoms with van der Waals surface area (Å²) < 4.78 is 6.00. The summed E-state index contributed by atoms with van der Waals surface area (Å²) in [5.41, 5.74) is 4.42. The van der Waals surface area contributed by atoms with Crippen molar-refractivity contribution in [3.8, 4) is 5.75 Å². The van der Waals surface area contributed by atoms with Crippen molar-refractivity contribution in [3.63, 3.8) is 0 Å². The van der Waals surface area contributed by atoms with Crippen LogP contribution in [0.1, 0.15) is 42.4 Å². The van der Waals surface area contributed by atoms with Crippen LogP contribution in [0.15, 0.2) is 36.4 Å². The van der Waals surface area contributed by atoms with Gasteiger partial charge in [-0.3, -0.25) is 4.98 Å². The first-order valence-electron chi connectivity index (χ1n) is 7.49. The van der Waals surface area contributed by atoms with E-state index in [1.54, 1.807) is 0 Å². The second kappa shape index (κ2) is 7.23. The first-order chi connectivity index (χ1) is 10.1. The molecule has 0 saturated carbocycles. The Labute approximate surface area is 127 Å². The Kier molecular flexibility index (Phi) is 5.34. The Bertz CT molecular complexity index is 596. The third-order valence-corrected chi connectivity index (χ3v) is 3.46. The molecule has 0 aliphatic carbocycles. The number of aromatic nitrogens is 1. The normalized spacial score (nSPS) is 12.2. The van der Waals surface area contributed by atoms with Crippen molar-refractivity contribution in [1.82, 2.24) is 10.3 Å². The smallest absolute Gasteiger partial charge is 0.130 e. The van der Waals surface area contributed by atoms with Crippen LogP contribution in [0.2, 0.25) is 0 Å². The van der Waals surface area contributed by atoms with Gasteiger partial charge in [-0.15, -0.1) is 0 Å². The quantitative estimate of drug-likeness (QED) is 0.872. The van der Waals surface area contributed by atoms with Crippen molar-refractivity contribution in [2.75, 3.05) is 6.54 Å². The fourth-order valence-electron chi connectivity index (χ4n) is 2.39. The number of rotatable bonds is 6. The van der Waals surface area contributed by atoms with Crippen LogP contribution in [0.25, 0.3) is 0 Å². The molecular weight excluding hydrogens is 260 g/mol. The molecule has 2 aromatic rings. The van der Waals surface area contributed by atoms with Crippen molar-refractivity contribution in [2.45, 2.75) is 40.3 Å². The zero-order valence-corrected chi connectivity index (χ0v) is 13.3. The van der Waals surface area contributed by atoms with Crippen LogP contribution in [0, 0.1) is 13.8 Å². The maximum absolute atomic E-state index is 6.00. The monoisotopic (exact) mass is 284 g/mol. The van der Waals surface area contributed by atoms with Gasteiger partial charge in [-0.2, -0.15) is 0 Å². The third kappa shape index (κ3) is 4.30. The lowest BCUT2D eigenvalue weighted by Crippen LogP contribution is -2.18. The van der Waals surface area contributed by atoms with Gasteiger partial charge in [0.05, 0.1) is 5.69 Å². The molecule has 1 heterocycles. The average Bonchev–Trinajstić information content (AvgIpc) is 2.46.